The Hall–Kier alpha value is -3.76. The molecule has 0 aliphatic rings. The van der Waals surface area contributed by atoms with Gasteiger partial charge in [-0.05, 0) is 44.2 Å². The van der Waals surface area contributed by atoms with E-state index >= 15 is 0 Å². The van der Waals surface area contributed by atoms with Gasteiger partial charge in [-0.2, -0.15) is 0 Å². The highest BCUT2D eigenvalue weighted by Gasteiger charge is 2.33. The fourth-order valence-electron chi connectivity index (χ4n) is 3.33. The number of halogens is 4. The van der Waals surface area contributed by atoms with Crippen molar-refractivity contribution < 1.29 is 32.2 Å². The largest absolute Gasteiger partial charge is 0.437 e. The summed E-state index contributed by atoms with van der Waals surface area (Å²) >= 11 is 0. The van der Waals surface area contributed by atoms with Gasteiger partial charge in [0.2, 0.25) is 5.89 Å². The number of aliphatic hydroxyl groups excluding tert-OH is 1. The monoisotopic (exact) mass is 474 g/mol. The molecule has 0 saturated carbocycles. The molecule has 0 radical (unpaired) electrons. The minimum absolute atomic E-state index is 0.0684. The first-order chi connectivity index (χ1) is 16.0. The quantitative estimate of drug-likeness (QED) is 0.416. The zero-order valence-corrected chi connectivity index (χ0v) is 17.9. The molecule has 4 aromatic rings. The number of nitrogens with zero attached hydrogens (tertiary/aromatic N) is 2. The summed E-state index contributed by atoms with van der Waals surface area (Å²) < 4.78 is 63.0. The van der Waals surface area contributed by atoms with E-state index in [1.807, 2.05) is 0 Å². The van der Waals surface area contributed by atoms with E-state index in [1.54, 1.807) is 0 Å². The molecule has 0 aliphatic carbocycles. The SMILES string of the molecule is CC(C)(O)C(O)c1nc(-c2ccc(=O)n(-c3c(F)cccc3F)c2)c(-c2ccc(F)cc2F)o1. The minimum atomic E-state index is -1.70. The third kappa shape index (κ3) is 4.25. The van der Waals surface area contributed by atoms with Crippen molar-refractivity contribution >= 4 is 0 Å². The molecule has 2 heterocycles. The number of aromatic nitrogens is 2. The highest BCUT2D eigenvalue weighted by atomic mass is 19.1. The number of aliphatic hydroxyl groups is 2. The van der Waals surface area contributed by atoms with E-state index in [2.05, 4.69) is 4.98 Å². The lowest BCUT2D eigenvalue weighted by molar-refractivity contribution is -0.0617. The first-order valence-corrected chi connectivity index (χ1v) is 10.0. The molecule has 0 fully saturated rings. The van der Waals surface area contributed by atoms with Gasteiger partial charge in [-0.25, -0.2) is 22.5 Å². The first kappa shape index (κ1) is 23.4. The minimum Gasteiger partial charge on any atom is -0.437 e. The second-order valence-corrected chi connectivity index (χ2v) is 8.11. The smallest absolute Gasteiger partial charge is 0.255 e. The molecule has 2 aromatic carbocycles. The summed E-state index contributed by atoms with van der Waals surface area (Å²) in [5.74, 6) is -4.49. The lowest BCUT2D eigenvalue weighted by Gasteiger charge is -2.21. The number of oxazole rings is 1. The molecule has 1 atom stereocenters. The van der Waals surface area contributed by atoms with E-state index in [1.165, 1.54) is 19.9 Å². The Bertz CT molecular complexity index is 1420. The average Bonchev–Trinajstić information content (AvgIpc) is 3.18. The van der Waals surface area contributed by atoms with Gasteiger partial charge in [-0.15, -0.1) is 0 Å². The maximum absolute atomic E-state index is 14.6. The molecule has 10 heteroatoms. The molecule has 0 spiro atoms. The molecule has 176 valence electrons. The van der Waals surface area contributed by atoms with Crippen LogP contribution in [0.15, 0.2) is 63.9 Å². The van der Waals surface area contributed by atoms with E-state index < -0.39 is 52.1 Å². The summed E-state index contributed by atoms with van der Waals surface area (Å²) in [5.41, 5.74) is -3.37. The summed E-state index contributed by atoms with van der Waals surface area (Å²) in [6.45, 7) is 2.58. The number of rotatable bonds is 5. The van der Waals surface area contributed by atoms with Crippen LogP contribution < -0.4 is 5.56 Å². The fraction of sp³-hybridized carbons (Fsp3) is 0.167. The predicted octanol–water partition coefficient (Wildman–Crippen LogP) is 4.52. The van der Waals surface area contributed by atoms with Crippen LogP contribution in [0.5, 0.6) is 0 Å². The van der Waals surface area contributed by atoms with Crippen molar-refractivity contribution in [1.29, 1.82) is 0 Å². The maximum atomic E-state index is 14.6. The molecule has 6 nitrogen and oxygen atoms in total. The van der Waals surface area contributed by atoms with Crippen LogP contribution in [-0.2, 0) is 0 Å². The number of hydrogen-bond acceptors (Lipinski definition) is 5. The van der Waals surface area contributed by atoms with Crippen molar-refractivity contribution in [2.75, 3.05) is 0 Å². The number of hydrogen-bond donors (Lipinski definition) is 2. The van der Waals surface area contributed by atoms with Gasteiger partial charge in [0.15, 0.2) is 11.9 Å². The molecule has 34 heavy (non-hydrogen) atoms. The van der Waals surface area contributed by atoms with Crippen LogP contribution in [0, 0.1) is 23.3 Å². The summed E-state index contributed by atoms with van der Waals surface area (Å²) in [5, 5.41) is 20.6. The summed E-state index contributed by atoms with van der Waals surface area (Å²) in [4.78, 5) is 16.6. The highest BCUT2D eigenvalue weighted by molar-refractivity contribution is 5.77. The summed E-state index contributed by atoms with van der Waals surface area (Å²) in [7, 11) is 0. The van der Waals surface area contributed by atoms with Crippen LogP contribution in [-0.4, -0.2) is 25.4 Å². The zero-order valence-electron chi connectivity index (χ0n) is 17.9. The Labute approximate surface area is 190 Å². The molecule has 4 rings (SSSR count). The fourth-order valence-corrected chi connectivity index (χ4v) is 3.33. The topological polar surface area (TPSA) is 88.5 Å². The third-order valence-electron chi connectivity index (χ3n) is 5.09. The van der Waals surface area contributed by atoms with Gasteiger partial charge < -0.3 is 14.6 Å². The predicted molar refractivity (Wildman–Crippen MR) is 114 cm³/mol. The highest BCUT2D eigenvalue weighted by Crippen LogP contribution is 2.37. The van der Waals surface area contributed by atoms with Gasteiger partial charge in [-0.3, -0.25) is 9.36 Å². The van der Waals surface area contributed by atoms with Gasteiger partial charge in [0.25, 0.3) is 5.56 Å². The van der Waals surface area contributed by atoms with Crippen LogP contribution in [0.3, 0.4) is 0 Å². The average molecular weight is 474 g/mol. The Morgan fingerprint density at radius 2 is 1.68 bits per heavy atom. The van der Waals surface area contributed by atoms with Crippen LogP contribution in [0.1, 0.15) is 25.8 Å². The third-order valence-corrected chi connectivity index (χ3v) is 5.09. The van der Waals surface area contributed by atoms with Crippen molar-refractivity contribution in [2.45, 2.75) is 25.6 Å². The number of para-hydroxylation sites is 1. The molecule has 2 aromatic heterocycles. The molecule has 0 aliphatic heterocycles. The van der Waals surface area contributed by atoms with Crippen LogP contribution in [0.25, 0.3) is 28.3 Å². The number of benzene rings is 2. The van der Waals surface area contributed by atoms with Gasteiger partial charge >= 0.3 is 0 Å². The lowest BCUT2D eigenvalue weighted by atomic mass is 10.0. The van der Waals surface area contributed by atoms with Crippen molar-refractivity contribution in [1.82, 2.24) is 9.55 Å². The van der Waals surface area contributed by atoms with Crippen molar-refractivity contribution in [3.8, 4) is 28.3 Å². The van der Waals surface area contributed by atoms with Crippen LogP contribution >= 0.6 is 0 Å². The Balaban J connectivity index is 1.97. The molecule has 0 saturated heterocycles. The first-order valence-electron chi connectivity index (χ1n) is 10.0. The molecule has 0 bridgehead atoms. The molecular weight excluding hydrogens is 456 g/mol. The molecule has 0 amide bonds. The van der Waals surface area contributed by atoms with Gasteiger partial charge in [0.1, 0.15) is 34.7 Å². The van der Waals surface area contributed by atoms with Gasteiger partial charge in [0, 0.05) is 23.9 Å². The van der Waals surface area contributed by atoms with E-state index in [0.29, 0.717) is 10.6 Å². The van der Waals surface area contributed by atoms with E-state index in [0.717, 1.165) is 42.6 Å². The Kier molecular flexibility index (Phi) is 5.88. The van der Waals surface area contributed by atoms with E-state index in [9.17, 15) is 32.6 Å². The van der Waals surface area contributed by atoms with E-state index in [-0.39, 0.29) is 22.6 Å². The van der Waals surface area contributed by atoms with Gasteiger partial charge in [-0.1, -0.05) is 6.07 Å². The lowest BCUT2D eigenvalue weighted by Crippen LogP contribution is -2.28. The van der Waals surface area contributed by atoms with Crippen molar-refractivity contribution in [3.63, 3.8) is 0 Å². The second kappa shape index (κ2) is 8.54. The van der Waals surface area contributed by atoms with Crippen molar-refractivity contribution in [3.05, 3.63) is 94.2 Å². The molecular formula is C24H18F4N2O4. The zero-order chi connectivity index (χ0) is 24.8. The summed E-state index contributed by atoms with van der Waals surface area (Å²) in [6.07, 6.45) is -0.564. The van der Waals surface area contributed by atoms with Crippen LogP contribution in [0.4, 0.5) is 17.6 Å². The molecule has 2 N–H and O–H groups in total. The van der Waals surface area contributed by atoms with Gasteiger partial charge in [0.05, 0.1) is 11.2 Å². The Morgan fingerprint density at radius 3 is 2.29 bits per heavy atom. The Morgan fingerprint density at radius 1 is 1.00 bits per heavy atom. The standard InChI is InChI=1S/C24H18F4N2O4/c1-24(2,33)22(32)23-29-19(21(34-23)14-8-7-13(25)10-17(14)28)12-6-9-18(31)30(11-12)20-15(26)4-3-5-16(20)27/h3-11,22,32-33H,1-2H3. The van der Waals surface area contributed by atoms with E-state index in [4.69, 9.17) is 4.42 Å². The van der Waals surface area contributed by atoms with Crippen LogP contribution in [0.2, 0.25) is 0 Å². The molecule has 1 unspecified atom stereocenters. The number of pyridine rings is 1. The summed E-state index contributed by atoms with van der Waals surface area (Å²) in [6, 6.07) is 8.06. The maximum Gasteiger partial charge on any atom is 0.255 e. The normalized spacial score (nSPS) is 12.7. The second-order valence-electron chi connectivity index (χ2n) is 8.11. The van der Waals surface area contributed by atoms with Crippen molar-refractivity contribution in [2.24, 2.45) is 0 Å².